The molecular weight excluding hydrogens is 212 g/mol. The van der Waals surface area contributed by atoms with Crippen LogP contribution >= 0.6 is 0 Å². The zero-order valence-electron chi connectivity index (χ0n) is 9.19. The Morgan fingerprint density at radius 2 is 1.87 bits per heavy atom. The summed E-state index contributed by atoms with van der Waals surface area (Å²) < 4.78 is 22.0. The van der Waals surface area contributed by atoms with Crippen LogP contribution in [-0.2, 0) is 9.84 Å². The Balaban J connectivity index is 2.92. The first-order chi connectivity index (χ1) is 6.79. The van der Waals surface area contributed by atoms with Crippen LogP contribution in [0.4, 0.5) is 0 Å². The summed E-state index contributed by atoms with van der Waals surface area (Å²) >= 11 is 0. The third-order valence-corrected chi connectivity index (χ3v) is 3.30. The molecule has 1 atom stereocenters. The summed E-state index contributed by atoms with van der Waals surface area (Å²) in [5.74, 6) is -0.227. The standard InChI is InChI=1S/C11H16O3S/c1-8-4-5-10(6-9(8)2)11(12)7-15(3,13)14/h4-6,11-12H,7H2,1-3H3. The zero-order chi connectivity index (χ0) is 11.6. The fourth-order valence-corrected chi connectivity index (χ4v) is 2.12. The van der Waals surface area contributed by atoms with Gasteiger partial charge in [-0.05, 0) is 30.5 Å². The zero-order valence-corrected chi connectivity index (χ0v) is 10.0. The van der Waals surface area contributed by atoms with E-state index in [0.717, 1.165) is 17.4 Å². The number of hydrogen-bond donors (Lipinski definition) is 1. The Labute approximate surface area is 90.7 Å². The molecule has 4 heteroatoms. The molecule has 0 fully saturated rings. The maximum absolute atomic E-state index is 11.0. The van der Waals surface area contributed by atoms with Gasteiger partial charge in [0.1, 0.15) is 9.84 Å². The molecule has 3 nitrogen and oxygen atoms in total. The SMILES string of the molecule is Cc1ccc(C(O)CS(C)(=O)=O)cc1C. The van der Waals surface area contributed by atoms with Crippen molar-refractivity contribution in [2.24, 2.45) is 0 Å². The van der Waals surface area contributed by atoms with E-state index in [0.29, 0.717) is 5.56 Å². The average Bonchev–Trinajstić information content (AvgIpc) is 2.06. The largest absolute Gasteiger partial charge is 0.387 e. The van der Waals surface area contributed by atoms with Gasteiger partial charge in [-0.25, -0.2) is 8.42 Å². The fraction of sp³-hybridized carbons (Fsp3) is 0.455. The summed E-state index contributed by atoms with van der Waals surface area (Å²) in [6, 6.07) is 5.47. The first-order valence-electron chi connectivity index (χ1n) is 4.72. The lowest BCUT2D eigenvalue weighted by Crippen LogP contribution is -2.12. The molecule has 1 aromatic rings. The molecule has 1 aromatic carbocycles. The Bertz CT molecular complexity index is 449. The lowest BCUT2D eigenvalue weighted by Gasteiger charge is -2.11. The third kappa shape index (κ3) is 3.64. The highest BCUT2D eigenvalue weighted by atomic mass is 32.2. The molecule has 1 rings (SSSR count). The first-order valence-corrected chi connectivity index (χ1v) is 6.78. The van der Waals surface area contributed by atoms with Gasteiger partial charge in [0.05, 0.1) is 11.9 Å². The number of aryl methyl sites for hydroxylation is 2. The van der Waals surface area contributed by atoms with Crippen molar-refractivity contribution in [3.05, 3.63) is 34.9 Å². The first kappa shape index (κ1) is 12.2. The van der Waals surface area contributed by atoms with Gasteiger partial charge in [-0.15, -0.1) is 0 Å². The number of aliphatic hydroxyl groups excluding tert-OH is 1. The monoisotopic (exact) mass is 228 g/mol. The van der Waals surface area contributed by atoms with Gasteiger partial charge in [-0.3, -0.25) is 0 Å². The summed E-state index contributed by atoms with van der Waals surface area (Å²) in [5.41, 5.74) is 2.84. The third-order valence-electron chi connectivity index (χ3n) is 2.38. The summed E-state index contributed by atoms with van der Waals surface area (Å²) in [4.78, 5) is 0. The van der Waals surface area contributed by atoms with Crippen LogP contribution < -0.4 is 0 Å². The second-order valence-electron chi connectivity index (χ2n) is 3.95. The van der Waals surface area contributed by atoms with Crippen LogP contribution in [0, 0.1) is 13.8 Å². The highest BCUT2D eigenvalue weighted by molar-refractivity contribution is 7.90. The topological polar surface area (TPSA) is 54.4 Å². The molecule has 0 aliphatic heterocycles. The van der Waals surface area contributed by atoms with Gasteiger partial charge in [-0.2, -0.15) is 0 Å². The van der Waals surface area contributed by atoms with Gasteiger partial charge in [0.15, 0.2) is 0 Å². The number of sulfone groups is 1. The van der Waals surface area contributed by atoms with E-state index in [1.807, 2.05) is 26.0 Å². The van der Waals surface area contributed by atoms with Crippen LogP contribution in [0.5, 0.6) is 0 Å². The lowest BCUT2D eigenvalue weighted by molar-refractivity contribution is 0.202. The summed E-state index contributed by atoms with van der Waals surface area (Å²) in [6.45, 7) is 3.91. The van der Waals surface area contributed by atoms with Gasteiger partial charge in [-0.1, -0.05) is 18.2 Å². The van der Waals surface area contributed by atoms with E-state index in [-0.39, 0.29) is 5.75 Å². The Hall–Kier alpha value is -0.870. The van der Waals surface area contributed by atoms with Crippen LogP contribution in [0.2, 0.25) is 0 Å². The van der Waals surface area contributed by atoms with Gasteiger partial charge in [0, 0.05) is 6.26 Å². The molecule has 1 unspecified atom stereocenters. The molecule has 0 heterocycles. The predicted molar refractivity (Wildman–Crippen MR) is 60.6 cm³/mol. The van der Waals surface area contributed by atoms with E-state index in [1.54, 1.807) is 6.07 Å². The van der Waals surface area contributed by atoms with Crippen molar-refractivity contribution in [1.29, 1.82) is 0 Å². The van der Waals surface area contributed by atoms with Gasteiger partial charge < -0.3 is 5.11 Å². The van der Waals surface area contributed by atoms with Gasteiger partial charge in [0.2, 0.25) is 0 Å². The van der Waals surface area contributed by atoms with Crippen LogP contribution in [0.3, 0.4) is 0 Å². The van der Waals surface area contributed by atoms with Crippen LogP contribution in [0.1, 0.15) is 22.8 Å². The summed E-state index contributed by atoms with van der Waals surface area (Å²) in [6.07, 6.45) is 0.191. The van der Waals surface area contributed by atoms with Crippen molar-refractivity contribution in [2.75, 3.05) is 12.0 Å². The fourth-order valence-electron chi connectivity index (χ4n) is 1.35. The van der Waals surface area contributed by atoms with E-state index < -0.39 is 15.9 Å². The van der Waals surface area contributed by atoms with Crippen molar-refractivity contribution in [3.8, 4) is 0 Å². The molecule has 84 valence electrons. The lowest BCUT2D eigenvalue weighted by atomic mass is 10.0. The van der Waals surface area contributed by atoms with Crippen molar-refractivity contribution >= 4 is 9.84 Å². The quantitative estimate of drug-likeness (QED) is 0.850. The molecule has 0 amide bonds. The highest BCUT2D eigenvalue weighted by Gasteiger charge is 2.14. The molecule has 0 aliphatic rings. The normalized spacial score (nSPS) is 13.9. The van der Waals surface area contributed by atoms with Gasteiger partial charge >= 0.3 is 0 Å². The molecule has 0 aliphatic carbocycles. The number of hydrogen-bond acceptors (Lipinski definition) is 3. The van der Waals surface area contributed by atoms with Crippen LogP contribution in [-0.4, -0.2) is 25.5 Å². The molecule has 0 aromatic heterocycles. The van der Waals surface area contributed by atoms with Crippen molar-refractivity contribution in [3.63, 3.8) is 0 Å². The van der Waals surface area contributed by atoms with E-state index in [4.69, 9.17) is 0 Å². The molecule has 15 heavy (non-hydrogen) atoms. The minimum absolute atomic E-state index is 0.227. The predicted octanol–water partition coefficient (Wildman–Crippen LogP) is 1.38. The van der Waals surface area contributed by atoms with Crippen molar-refractivity contribution < 1.29 is 13.5 Å². The highest BCUT2D eigenvalue weighted by Crippen LogP contribution is 2.18. The smallest absolute Gasteiger partial charge is 0.150 e. The number of benzene rings is 1. The van der Waals surface area contributed by atoms with Crippen LogP contribution in [0.25, 0.3) is 0 Å². The molecule has 0 radical (unpaired) electrons. The molecule has 0 bridgehead atoms. The van der Waals surface area contributed by atoms with Gasteiger partial charge in [0.25, 0.3) is 0 Å². The minimum atomic E-state index is -3.14. The Morgan fingerprint density at radius 3 is 2.33 bits per heavy atom. The average molecular weight is 228 g/mol. The Kier molecular flexibility index (Phi) is 3.52. The molecule has 1 N–H and O–H groups in total. The number of aliphatic hydroxyl groups is 1. The second-order valence-corrected chi connectivity index (χ2v) is 6.14. The van der Waals surface area contributed by atoms with E-state index in [2.05, 4.69) is 0 Å². The molecule has 0 saturated carbocycles. The number of rotatable bonds is 3. The molecule has 0 spiro atoms. The van der Waals surface area contributed by atoms with E-state index in [9.17, 15) is 13.5 Å². The molecular formula is C11H16O3S. The van der Waals surface area contributed by atoms with E-state index in [1.165, 1.54) is 0 Å². The summed E-state index contributed by atoms with van der Waals surface area (Å²) in [5, 5.41) is 9.69. The van der Waals surface area contributed by atoms with Crippen molar-refractivity contribution in [2.45, 2.75) is 20.0 Å². The van der Waals surface area contributed by atoms with Crippen LogP contribution in [0.15, 0.2) is 18.2 Å². The molecule has 0 saturated heterocycles. The summed E-state index contributed by atoms with van der Waals surface area (Å²) in [7, 11) is -3.14. The maximum Gasteiger partial charge on any atom is 0.150 e. The maximum atomic E-state index is 11.0. The van der Waals surface area contributed by atoms with Crippen molar-refractivity contribution in [1.82, 2.24) is 0 Å². The second kappa shape index (κ2) is 4.33. The van der Waals surface area contributed by atoms with E-state index >= 15 is 0 Å². The Morgan fingerprint density at radius 1 is 1.27 bits per heavy atom. The minimum Gasteiger partial charge on any atom is -0.387 e.